The molecule has 0 aliphatic rings. The first-order chi connectivity index (χ1) is 43.4. The molecule has 0 heterocycles. The molecular weight excluding hydrogens is 1420 g/mol. The molecule has 0 aliphatic carbocycles. The molecule has 9 N–H and O–H groups in total. The third kappa shape index (κ3) is 34.2. The van der Waals surface area contributed by atoms with Crippen LogP contribution in [0.4, 0.5) is 43.9 Å². The molecule has 0 bridgehead atoms. The lowest BCUT2D eigenvalue weighted by Crippen LogP contribution is -3.00. The maximum absolute atomic E-state index is 13.1. The predicted molar refractivity (Wildman–Crippen MR) is 351 cm³/mol. The minimum Gasteiger partial charge on any atom is -1.00 e. The van der Waals surface area contributed by atoms with Gasteiger partial charge < -0.3 is 76.0 Å². The van der Waals surface area contributed by atoms with Gasteiger partial charge in [0.1, 0.15) is 37.7 Å². The van der Waals surface area contributed by atoms with E-state index in [2.05, 4.69) is 80.2 Å². The zero-order chi connectivity index (χ0) is 67.6. The average Bonchev–Trinajstić information content (AvgIpc) is 1.03. The quantitative estimate of drug-likeness (QED) is 0.0529. The van der Waals surface area contributed by atoms with Gasteiger partial charge in [-0.3, -0.25) is 0 Å². The number of phenols is 1. The van der Waals surface area contributed by atoms with Gasteiger partial charge in [0, 0.05) is 53.0 Å². The Balaban J connectivity index is 0.000000632. The van der Waals surface area contributed by atoms with E-state index in [1.165, 1.54) is 52.6 Å². The fourth-order valence-corrected chi connectivity index (χ4v) is 10.2. The van der Waals surface area contributed by atoms with Gasteiger partial charge in [-0.25, -0.2) is 4.39 Å². The largest absolute Gasteiger partial charge is 1.00 e. The summed E-state index contributed by atoms with van der Waals surface area (Å²) < 4.78 is 126. The van der Waals surface area contributed by atoms with Crippen LogP contribution in [0.25, 0.3) is 0 Å². The molecule has 0 spiro atoms. The molecule has 8 rings (SSSR count). The van der Waals surface area contributed by atoms with Crippen LogP contribution in [0.3, 0.4) is 0 Å². The summed E-state index contributed by atoms with van der Waals surface area (Å²) in [6.07, 6.45) is -5.21. The van der Waals surface area contributed by atoms with E-state index in [1.54, 1.807) is 30.3 Å². The number of quaternary nitrogens is 4. The highest BCUT2D eigenvalue weighted by Crippen LogP contribution is 2.32. The molecule has 8 aromatic rings. The van der Waals surface area contributed by atoms with Gasteiger partial charge in [-0.2, -0.15) is 39.5 Å². The monoisotopic (exact) mass is 1500 g/mol. The second kappa shape index (κ2) is 44.2. The van der Waals surface area contributed by atoms with Crippen LogP contribution in [0.15, 0.2) is 176 Å². The van der Waals surface area contributed by atoms with E-state index in [0.717, 1.165) is 133 Å². The van der Waals surface area contributed by atoms with Crippen LogP contribution in [0, 0.1) is 19.7 Å². The van der Waals surface area contributed by atoms with Gasteiger partial charge in [-0.15, -0.1) is 0 Å². The average molecular weight is 1510 g/mol. The Bertz CT molecular complexity index is 3340. The Labute approximate surface area is 603 Å². The summed E-state index contributed by atoms with van der Waals surface area (Å²) in [5.74, 6) is -0.0416. The Hall–Kier alpha value is -4.98. The SMILES string of the molecule is C[C@H](CCc1ccc(Cl)c(Cl)c1)[NH2+]Cc1ccc(C(F)(F)F)cc1.C[C@H](CCc1ccc(Cl)cc1)[NH2+]Cc1ccc(C(F)(F)F)cc1.Cc1cc(CC[C@@H](C)[NH2+]Cc2ccc(C(F)(F)F)cc2)ccc1O.Cc1ccc(C[NH2+][C@H](C)CCc2ccc(F)c(Cl)c2)cc1.[Cl-].[Cl-].[Cl-].[Cl-]. The summed E-state index contributed by atoms with van der Waals surface area (Å²) >= 11 is 23.5. The fraction of sp³-hybridized carbons (Fsp3) is 0.342. The van der Waals surface area contributed by atoms with Crippen LogP contribution in [-0.4, -0.2) is 29.3 Å². The zero-order valence-electron chi connectivity index (χ0n) is 54.1. The third-order valence-corrected chi connectivity index (χ3v) is 17.0. The lowest BCUT2D eigenvalue weighted by molar-refractivity contribution is -0.702. The maximum Gasteiger partial charge on any atom is 0.416 e. The van der Waals surface area contributed by atoms with Gasteiger partial charge in [0.25, 0.3) is 0 Å². The van der Waals surface area contributed by atoms with Gasteiger partial charge >= 0.3 is 18.5 Å². The van der Waals surface area contributed by atoms with E-state index < -0.39 is 35.2 Å². The molecule has 96 heavy (non-hydrogen) atoms. The summed E-state index contributed by atoms with van der Waals surface area (Å²) in [6, 6.07) is 50.3. The van der Waals surface area contributed by atoms with E-state index in [1.807, 2.05) is 61.5 Å². The fourth-order valence-electron chi connectivity index (χ4n) is 9.53. The van der Waals surface area contributed by atoms with Crippen molar-refractivity contribution in [2.75, 3.05) is 0 Å². The minimum absolute atomic E-state index is 0. The maximum atomic E-state index is 13.1. The molecule has 5 nitrogen and oxygen atoms in total. The Kier molecular flexibility index (Phi) is 41.0. The van der Waals surface area contributed by atoms with Gasteiger partial charge in [-0.1, -0.05) is 149 Å². The van der Waals surface area contributed by atoms with Gasteiger partial charge in [0.05, 0.1) is 55.9 Å². The molecule has 8 aromatic carbocycles. The number of phenolic OH excluding ortho intramolecular Hbond substituents is 1. The van der Waals surface area contributed by atoms with Gasteiger partial charge in [0.2, 0.25) is 0 Å². The van der Waals surface area contributed by atoms with Crippen molar-refractivity contribution in [3.05, 3.63) is 274 Å². The Morgan fingerprint density at radius 1 is 0.344 bits per heavy atom. The number of rotatable bonds is 24. The minimum atomic E-state index is -4.28. The molecule has 0 radical (unpaired) electrons. The highest BCUT2D eigenvalue weighted by molar-refractivity contribution is 6.42. The number of halogens is 18. The first kappa shape index (κ1) is 89.0. The Morgan fingerprint density at radius 2 is 0.625 bits per heavy atom. The van der Waals surface area contributed by atoms with Crippen molar-refractivity contribution in [3.63, 3.8) is 0 Å². The Morgan fingerprint density at radius 3 is 0.948 bits per heavy atom. The van der Waals surface area contributed by atoms with E-state index in [0.29, 0.717) is 59.6 Å². The molecule has 0 saturated heterocycles. The van der Waals surface area contributed by atoms with Crippen LogP contribution >= 0.6 is 46.4 Å². The van der Waals surface area contributed by atoms with Gasteiger partial charge in [-0.05, 0) is 174 Å². The van der Waals surface area contributed by atoms with Crippen LogP contribution in [0.5, 0.6) is 5.75 Å². The molecule has 528 valence electrons. The standard InChI is InChI=1S/C19H22F3NO.C18H18Cl2F3N.C18H19ClF3N.C18H21ClFN.4ClH/c1-13-11-15(7-10-18(13)24)4-3-14(2)23-12-16-5-8-17(9-6-16)19(20,21)22;1-12(2-3-13-6-9-16(19)17(20)10-13)24-11-14-4-7-15(8-5-14)18(21,22)23;1-13(2-3-14-6-10-17(19)11-7-14)23-12-15-4-8-16(9-5-15)18(20,21)22;1-13-3-6-16(7-4-13)12-21-14(2)5-8-15-9-10-18(20)17(19)11-15;;;;/h5-11,14,23-24H,3-4,12H2,1-2H3;4-10,12,24H,2-3,11H2,1H3;4-11,13,23H,2-3,12H2,1H3;3-4,6-7,9-11,14,21H,5,8,12H2,1-2H3;4*1H/t14-;12-;13-;14-;;;;/m1111..../s1. The number of hydrogen-bond acceptors (Lipinski definition) is 1. The van der Waals surface area contributed by atoms with Crippen LogP contribution in [-0.2, 0) is 70.4 Å². The number of benzene rings is 8. The van der Waals surface area contributed by atoms with Crippen LogP contribution in [0.1, 0.15) is 126 Å². The van der Waals surface area contributed by atoms with Gasteiger partial charge in [0.15, 0.2) is 0 Å². The molecule has 4 atom stereocenters. The smallest absolute Gasteiger partial charge is 0.416 e. The summed E-state index contributed by atoms with van der Waals surface area (Å²) in [7, 11) is 0. The first-order valence-electron chi connectivity index (χ1n) is 30.7. The van der Waals surface area contributed by atoms with Crippen LogP contribution < -0.4 is 70.9 Å². The van der Waals surface area contributed by atoms with E-state index in [4.69, 9.17) is 46.4 Å². The van der Waals surface area contributed by atoms with E-state index in [9.17, 15) is 49.0 Å². The molecule has 0 fully saturated rings. The lowest BCUT2D eigenvalue weighted by Gasteiger charge is -2.12. The second-order valence-corrected chi connectivity index (χ2v) is 25.3. The summed E-state index contributed by atoms with van der Waals surface area (Å²) in [5.41, 5.74) is 8.99. The van der Waals surface area contributed by atoms with Crippen molar-refractivity contribution in [3.8, 4) is 5.75 Å². The van der Waals surface area contributed by atoms with Crippen molar-refractivity contribution >= 4 is 46.4 Å². The van der Waals surface area contributed by atoms with Crippen molar-refractivity contribution in [2.45, 2.75) is 162 Å². The van der Waals surface area contributed by atoms with Crippen LogP contribution in [0.2, 0.25) is 20.1 Å². The highest BCUT2D eigenvalue weighted by Gasteiger charge is 2.32. The zero-order valence-corrected chi connectivity index (χ0v) is 60.1. The second-order valence-electron chi connectivity index (χ2n) is 23.6. The molecule has 0 amide bonds. The molecule has 23 heteroatoms. The molecule has 0 saturated carbocycles. The lowest BCUT2D eigenvalue weighted by atomic mass is 10.0. The number of alkyl halides is 9. The number of hydrogen-bond donors (Lipinski definition) is 5. The molecule has 0 aliphatic heterocycles. The highest BCUT2D eigenvalue weighted by atomic mass is 35.5. The first-order valence-corrected chi connectivity index (χ1v) is 32.2. The van der Waals surface area contributed by atoms with E-state index in [-0.39, 0.29) is 60.5 Å². The van der Waals surface area contributed by atoms with Crippen molar-refractivity contribution in [1.82, 2.24) is 0 Å². The van der Waals surface area contributed by atoms with Crippen molar-refractivity contribution < 1.29 is 120 Å². The molecule has 0 unspecified atom stereocenters. The molecular formula is C73H84Cl8F10N4O. The van der Waals surface area contributed by atoms with Crippen molar-refractivity contribution in [1.29, 1.82) is 0 Å². The topological polar surface area (TPSA) is 86.7 Å². The van der Waals surface area contributed by atoms with Crippen molar-refractivity contribution in [2.24, 2.45) is 0 Å². The number of aromatic hydroxyl groups is 1. The summed E-state index contributed by atoms with van der Waals surface area (Å²) in [6.45, 7) is 15.5. The predicted octanol–water partition coefficient (Wildman–Crippen LogP) is 5.23. The molecule has 0 aromatic heterocycles. The third-order valence-electron chi connectivity index (χ3n) is 15.7. The number of nitrogens with two attached hydrogens (primary N) is 4. The van der Waals surface area contributed by atoms with E-state index >= 15 is 0 Å². The summed E-state index contributed by atoms with van der Waals surface area (Å²) in [4.78, 5) is 0. The normalized spacial score (nSPS) is 12.4. The summed E-state index contributed by atoms with van der Waals surface area (Å²) in [5, 5.41) is 20.3. The number of aryl methyl sites for hydroxylation is 6.